The summed E-state index contributed by atoms with van der Waals surface area (Å²) >= 11 is 1.01. The summed E-state index contributed by atoms with van der Waals surface area (Å²) < 4.78 is 47.0. The van der Waals surface area contributed by atoms with E-state index < -0.39 is 19.9 Å². The van der Waals surface area contributed by atoms with E-state index in [1.54, 1.807) is 0 Å². The maximum absolute atomic E-state index is 11.9. The molecule has 0 aliphatic heterocycles. The summed E-state index contributed by atoms with van der Waals surface area (Å²) in [5.74, 6) is -0.205. The first kappa shape index (κ1) is 14.4. The van der Waals surface area contributed by atoms with Crippen molar-refractivity contribution in [3.8, 4) is 0 Å². The quantitative estimate of drug-likeness (QED) is 0.825. The Morgan fingerprint density at radius 1 is 1.35 bits per heavy atom. The van der Waals surface area contributed by atoms with Gasteiger partial charge in [0.15, 0.2) is 0 Å². The second kappa shape index (κ2) is 4.92. The van der Waals surface area contributed by atoms with Gasteiger partial charge < -0.3 is 5.73 Å². The Kier molecular flexibility index (Phi) is 4.18. The molecule has 0 saturated carbocycles. The maximum atomic E-state index is 11.9. The van der Waals surface area contributed by atoms with Crippen molar-refractivity contribution in [2.75, 3.05) is 31.3 Å². The zero-order valence-electron chi connectivity index (χ0n) is 9.45. The Balaban J connectivity index is 2.85. The highest BCUT2D eigenvalue weighted by Gasteiger charge is 2.23. The molecule has 0 aliphatic carbocycles. The van der Waals surface area contributed by atoms with Crippen molar-refractivity contribution in [2.45, 2.75) is 4.21 Å². The van der Waals surface area contributed by atoms with E-state index in [2.05, 4.69) is 0 Å². The lowest BCUT2D eigenvalue weighted by Crippen LogP contribution is -2.31. The minimum Gasteiger partial charge on any atom is -0.398 e. The van der Waals surface area contributed by atoms with Crippen LogP contribution in [0.4, 0.5) is 5.69 Å². The van der Waals surface area contributed by atoms with Gasteiger partial charge in [0.05, 0.1) is 5.75 Å². The molecule has 0 amide bonds. The average Bonchev–Trinajstić information content (AvgIpc) is 2.60. The normalized spacial score (nSPS) is 13.1. The van der Waals surface area contributed by atoms with Gasteiger partial charge in [-0.15, -0.1) is 11.3 Å². The van der Waals surface area contributed by atoms with E-state index in [4.69, 9.17) is 5.73 Å². The van der Waals surface area contributed by atoms with E-state index in [-0.39, 0.29) is 16.5 Å². The molecule has 2 N–H and O–H groups in total. The third-order valence-corrected chi connectivity index (χ3v) is 6.25. The standard InChI is InChI=1S/C8H14N2O4S3/c1-10(3-4-16(2,11)12)17(13,14)8-5-7(9)6-15-8/h5-6H,3-4,9H2,1-2H3. The fraction of sp³-hybridized carbons (Fsp3) is 0.500. The molecule has 0 aromatic carbocycles. The zero-order chi connectivity index (χ0) is 13.3. The monoisotopic (exact) mass is 298 g/mol. The molecular weight excluding hydrogens is 284 g/mol. The van der Waals surface area contributed by atoms with Crippen LogP contribution < -0.4 is 5.73 Å². The van der Waals surface area contributed by atoms with Crippen LogP contribution in [0.25, 0.3) is 0 Å². The van der Waals surface area contributed by atoms with Crippen LogP contribution >= 0.6 is 11.3 Å². The van der Waals surface area contributed by atoms with Gasteiger partial charge in [-0.2, -0.15) is 4.31 Å². The third-order valence-electron chi connectivity index (χ3n) is 2.04. The summed E-state index contributed by atoms with van der Waals surface area (Å²) in [7, 11) is -5.47. The second-order valence-corrected chi connectivity index (χ2v) is 9.10. The molecule has 0 spiro atoms. The number of rotatable bonds is 5. The van der Waals surface area contributed by atoms with E-state index in [0.717, 1.165) is 21.9 Å². The molecule has 0 bridgehead atoms. The van der Waals surface area contributed by atoms with Crippen LogP contribution in [0.5, 0.6) is 0 Å². The van der Waals surface area contributed by atoms with Crippen molar-refractivity contribution in [3.05, 3.63) is 11.4 Å². The van der Waals surface area contributed by atoms with Crippen molar-refractivity contribution in [3.63, 3.8) is 0 Å². The number of anilines is 1. The highest BCUT2D eigenvalue weighted by molar-refractivity contribution is 7.91. The first-order valence-corrected chi connectivity index (χ1v) is 8.99. The van der Waals surface area contributed by atoms with Crippen LogP contribution in [-0.2, 0) is 19.9 Å². The van der Waals surface area contributed by atoms with Gasteiger partial charge in [-0.05, 0) is 6.07 Å². The minimum absolute atomic E-state index is 0.0705. The van der Waals surface area contributed by atoms with E-state index in [1.165, 1.54) is 18.5 Å². The molecule has 9 heteroatoms. The van der Waals surface area contributed by atoms with Gasteiger partial charge in [0.25, 0.3) is 10.0 Å². The van der Waals surface area contributed by atoms with Crippen molar-refractivity contribution in [1.82, 2.24) is 4.31 Å². The Morgan fingerprint density at radius 2 is 1.94 bits per heavy atom. The first-order chi connectivity index (χ1) is 7.63. The zero-order valence-corrected chi connectivity index (χ0v) is 11.9. The molecular formula is C8H14N2O4S3. The lowest BCUT2D eigenvalue weighted by atomic mass is 10.6. The van der Waals surface area contributed by atoms with Gasteiger partial charge in [-0.25, -0.2) is 16.8 Å². The molecule has 6 nitrogen and oxygen atoms in total. The Labute approximate surface area is 105 Å². The molecule has 0 saturated heterocycles. The molecule has 98 valence electrons. The van der Waals surface area contributed by atoms with Crippen LogP contribution in [0.2, 0.25) is 0 Å². The predicted molar refractivity (Wildman–Crippen MR) is 68.3 cm³/mol. The molecule has 0 fully saturated rings. The number of sulfone groups is 1. The third kappa shape index (κ3) is 3.95. The first-order valence-electron chi connectivity index (χ1n) is 4.61. The molecule has 1 heterocycles. The lowest BCUT2D eigenvalue weighted by Gasteiger charge is -2.14. The fourth-order valence-corrected chi connectivity index (χ4v) is 4.22. The Bertz CT molecular complexity index is 588. The van der Waals surface area contributed by atoms with Crippen LogP contribution in [-0.4, -0.2) is 46.7 Å². The number of nitrogen functional groups attached to an aromatic ring is 1. The number of nitrogens with two attached hydrogens (primary N) is 1. The summed E-state index contributed by atoms with van der Waals surface area (Å²) in [6.07, 6.45) is 1.07. The van der Waals surface area contributed by atoms with Crippen molar-refractivity contribution >= 4 is 36.9 Å². The Morgan fingerprint density at radius 3 is 2.35 bits per heavy atom. The number of thiophene rings is 1. The minimum atomic E-state index is -3.63. The van der Waals surface area contributed by atoms with Crippen molar-refractivity contribution < 1.29 is 16.8 Å². The molecule has 0 aliphatic rings. The lowest BCUT2D eigenvalue weighted by molar-refractivity contribution is 0.486. The molecule has 1 aromatic heterocycles. The summed E-state index contributed by atoms with van der Waals surface area (Å²) in [5, 5.41) is 1.53. The van der Waals surface area contributed by atoms with Gasteiger partial charge in [0.1, 0.15) is 14.0 Å². The van der Waals surface area contributed by atoms with Crippen molar-refractivity contribution in [1.29, 1.82) is 0 Å². The van der Waals surface area contributed by atoms with Gasteiger partial charge in [-0.3, -0.25) is 0 Å². The van der Waals surface area contributed by atoms with E-state index in [9.17, 15) is 16.8 Å². The molecule has 0 atom stereocenters. The topological polar surface area (TPSA) is 97.5 Å². The molecule has 1 rings (SSSR count). The number of hydrogen-bond acceptors (Lipinski definition) is 6. The highest BCUT2D eigenvalue weighted by Crippen LogP contribution is 2.24. The van der Waals surface area contributed by atoms with Gasteiger partial charge in [-0.1, -0.05) is 0 Å². The fourth-order valence-electron chi connectivity index (χ4n) is 1.03. The van der Waals surface area contributed by atoms with Gasteiger partial charge in [0, 0.05) is 30.9 Å². The second-order valence-electron chi connectivity index (χ2n) is 3.66. The van der Waals surface area contributed by atoms with E-state index >= 15 is 0 Å². The van der Waals surface area contributed by atoms with E-state index in [0.29, 0.717) is 5.69 Å². The van der Waals surface area contributed by atoms with Crippen LogP contribution in [0, 0.1) is 0 Å². The number of nitrogens with zero attached hydrogens (tertiary/aromatic N) is 1. The summed E-state index contributed by atoms with van der Waals surface area (Å²) in [6.45, 7) is -0.0705. The largest absolute Gasteiger partial charge is 0.398 e. The average molecular weight is 298 g/mol. The van der Waals surface area contributed by atoms with Gasteiger partial charge in [0.2, 0.25) is 0 Å². The summed E-state index contributed by atoms with van der Waals surface area (Å²) in [5.41, 5.74) is 5.83. The number of sulfonamides is 1. The molecule has 0 radical (unpaired) electrons. The van der Waals surface area contributed by atoms with Gasteiger partial charge >= 0.3 is 0 Å². The SMILES string of the molecule is CN(CCS(C)(=O)=O)S(=O)(=O)c1cc(N)cs1. The molecule has 17 heavy (non-hydrogen) atoms. The summed E-state index contributed by atoms with van der Waals surface area (Å²) in [6, 6.07) is 1.36. The van der Waals surface area contributed by atoms with Crippen LogP contribution in [0.3, 0.4) is 0 Å². The highest BCUT2D eigenvalue weighted by atomic mass is 32.2. The smallest absolute Gasteiger partial charge is 0.252 e. The number of hydrogen-bond donors (Lipinski definition) is 1. The predicted octanol–water partition coefficient (Wildman–Crippen LogP) is -0.00460. The molecule has 0 unspecified atom stereocenters. The van der Waals surface area contributed by atoms with Crippen LogP contribution in [0.1, 0.15) is 0 Å². The maximum Gasteiger partial charge on any atom is 0.252 e. The molecule has 1 aromatic rings. The van der Waals surface area contributed by atoms with E-state index in [1.807, 2.05) is 0 Å². The van der Waals surface area contributed by atoms with Crippen LogP contribution in [0.15, 0.2) is 15.7 Å². The Hall–Kier alpha value is -0.640. The van der Waals surface area contributed by atoms with Crippen molar-refractivity contribution in [2.24, 2.45) is 0 Å². The summed E-state index contributed by atoms with van der Waals surface area (Å²) in [4.78, 5) is 0.